The van der Waals surface area contributed by atoms with Gasteiger partial charge < -0.3 is 0 Å². The average Bonchev–Trinajstić information content (AvgIpc) is 2.66. The lowest BCUT2D eigenvalue weighted by Gasteiger charge is -2.16. The van der Waals surface area contributed by atoms with Crippen LogP contribution < -0.4 is 10.3 Å². The number of hydrogen-bond donors (Lipinski definition) is 2. The van der Waals surface area contributed by atoms with Crippen LogP contribution in [0.25, 0.3) is 0 Å². The first-order chi connectivity index (χ1) is 13.2. The van der Waals surface area contributed by atoms with E-state index in [1.807, 2.05) is 54.6 Å². The van der Waals surface area contributed by atoms with Crippen molar-refractivity contribution in [1.29, 1.82) is 0 Å². The Morgan fingerprint density at radius 3 is 2.14 bits per heavy atom. The second kappa shape index (κ2) is 10.2. The molecule has 152 valence electrons. The molecule has 5 nitrogen and oxygen atoms in total. The highest BCUT2D eigenvalue weighted by Crippen LogP contribution is 2.23. The molecule has 7 heteroatoms. The van der Waals surface area contributed by atoms with Crippen molar-refractivity contribution in [2.75, 3.05) is 5.75 Å². The zero-order chi connectivity index (χ0) is 20.7. The standard InChI is InChI=1S/C21H27BrN2O3S/c1-15(2)13-17-9-11-18(12-10-17)16(3)21(25)23-24-28(26,27)14-20(22)19-7-5-4-6-8-19/h4-12,15-16,20,24H,13-14H2,1-3H3,(H,23,25). The Labute approximate surface area is 176 Å². The van der Waals surface area contributed by atoms with Crippen molar-refractivity contribution >= 4 is 31.9 Å². The third-order valence-corrected chi connectivity index (χ3v) is 6.84. The minimum Gasteiger partial charge on any atom is -0.277 e. The van der Waals surface area contributed by atoms with E-state index in [0.717, 1.165) is 17.5 Å². The molecule has 2 aromatic rings. The van der Waals surface area contributed by atoms with E-state index in [9.17, 15) is 13.2 Å². The Hall–Kier alpha value is -1.70. The molecule has 0 saturated carbocycles. The van der Waals surface area contributed by atoms with Gasteiger partial charge in [0.2, 0.25) is 15.9 Å². The van der Waals surface area contributed by atoms with Gasteiger partial charge in [-0.25, -0.2) is 8.42 Å². The maximum Gasteiger partial charge on any atom is 0.242 e. The van der Waals surface area contributed by atoms with Crippen LogP contribution in [0, 0.1) is 5.92 Å². The molecule has 0 heterocycles. The summed E-state index contributed by atoms with van der Waals surface area (Å²) in [5.74, 6) is -0.485. The molecule has 2 aromatic carbocycles. The summed E-state index contributed by atoms with van der Waals surface area (Å²) < 4.78 is 24.5. The summed E-state index contributed by atoms with van der Waals surface area (Å²) in [5.41, 5.74) is 5.24. The Bertz CT molecular complexity index is 868. The normalized spacial score (nSPS) is 13.9. The fourth-order valence-corrected chi connectivity index (χ4v) is 5.06. The molecule has 2 unspecified atom stereocenters. The van der Waals surface area contributed by atoms with E-state index in [2.05, 4.69) is 40.0 Å². The SMILES string of the molecule is CC(C)Cc1ccc(C(C)C(=O)NNS(=O)(=O)CC(Br)c2ccccc2)cc1. The summed E-state index contributed by atoms with van der Waals surface area (Å²) in [6.45, 7) is 6.06. The van der Waals surface area contributed by atoms with Gasteiger partial charge in [-0.2, -0.15) is 0 Å². The highest BCUT2D eigenvalue weighted by molar-refractivity contribution is 9.09. The lowest BCUT2D eigenvalue weighted by Crippen LogP contribution is -2.44. The number of rotatable bonds is 9. The van der Waals surface area contributed by atoms with Crippen molar-refractivity contribution in [2.24, 2.45) is 5.92 Å². The van der Waals surface area contributed by atoms with Crippen molar-refractivity contribution in [1.82, 2.24) is 10.3 Å². The molecular weight excluding hydrogens is 440 g/mol. The van der Waals surface area contributed by atoms with Gasteiger partial charge in [-0.15, -0.1) is 4.83 Å². The van der Waals surface area contributed by atoms with Gasteiger partial charge in [0.1, 0.15) is 0 Å². The van der Waals surface area contributed by atoms with E-state index in [-0.39, 0.29) is 10.6 Å². The van der Waals surface area contributed by atoms with Gasteiger partial charge in [0, 0.05) is 0 Å². The highest BCUT2D eigenvalue weighted by atomic mass is 79.9. The van der Waals surface area contributed by atoms with Gasteiger partial charge in [0.05, 0.1) is 16.5 Å². The van der Waals surface area contributed by atoms with Crippen molar-refractivity contribution in [3.05, 3.63) is 71.3 Å². The molecule has 2 rings (SSSR count). The molecular formula is C21H27BrN2O3S. The first-order valence-electron chi connectivity index (χ1n) is 9.25. The van der Waals surface area contributed by atoms with Crippen molar-refractivity contribution < 1.29 is 13.2 Å². The first kappa shape index (κ1) is 22.6. The minimum absolute atomic E-state index is 0.185. The third kappa shape index (κ3) is 7.04. The van der Waals surface area contributed by atoms with Gasteiger partial charge in [-0.05, 0) is 36.0 Å². The maximum atomic E-state index is 12.4. The van der Waals surface area contributed by atoms with E-state index < -0.39 is 21.8 Å². The summed E-state index contributed by atoms with van der Waals surface area (Å²) in [4.78, 5) is 14.2. The van der Waals surface area contributed by atoms with Crippen LogP contribution in [0.3, 0.4) is 0 Å². The third-order valence-electron chi connectivity index (χ3n) is 4.37. The average molecular weight is 467 g/mol. The number of amides is 1. The topological polar surface area (TPSA) is 75.3 Å². The molecule has 2 atom stereocenters. The Morgan fingerprint density at radius 2 is 1.57 bits per heavy atom. The van der Waals surface area contributed by atoms with Gasteiger partial charge in [-0.1, -0.05) is 84.4 Å². The Kier molecular flexibility index (Phi) is 8.22. The minimum atomic E-state index is -3.69. The summed E-state index contributed by atoms with van der Waals surface area (Å²) in [5, 5.41) is 0. The lowest BCUT2D eigenvalue weighted by atomic mass is 9.96. The first-order valence-corrected chi connectivity index (χ1v) is 11.8. The van der Waals surface area contributed by atoms with Crippen LogP contribution >= 0.6 is 15.9 Å². The van der Waals surface area contributed by atoms with E-state index in [0.29, 0.717) is 5.92 Å². The van der Waals surface area contributed by atoms with Crippen LogP contribution in [-0.4, -0.2) is 20.1 Å². The van der Waals surface area contributed by atoms with Crippen molar-refractivity contribution in [3.63, 3.8) is 0 Å². The number of carbonyl (C=O) groups excluding carboxylic acids is 1. The largest absolute Gasteiger partial charge is 0.277 e. The number of carbonyl (C=O) groups is 1. The fraction of sp³-hybridized carbons (Fsp3) is 0.381. The van der Waals surface area contributed by atoms with Crippen LogP contribution in [0.4, 0.5) is 0 Å². The number of hydrogen-bond acceptors (Lipinski definition) is 3. The van der Waals surface area contributed by atoms with Crippen molar-refractivity contribution in [2.45, 2.75) is 37.9 Å². The van der Waals surface area contributed by atoms with Gasteiger partial charge in [0.15, 0.2) is 0 Å². The predicted octanol–water partition coefficient (Wildman–Crippen LogP) is 4.08. The summed E-state index contributed by atoms with van der Waals surface area (Å²) in [6, 6.07) is 17.1. The molecule has 0 fully saturated rings. The van der Waals surface area contributed by atoms with Crippen molar-refractivity contribution in [3.8, 4) is 0 Å². The van der Waals surface area contributed by atoms with Gasteiger partial charge in [-0.3, -0.25) is 10.2 Å². The zero-order valence-corrected chi connectivity index (χ0v) is 18.8. The van der Waals surface area contributed by atoms with E-state index >= 15 is 0 Å². The fourth-order valence-electron chi connectivity index (χ4n) is 2.79. The molecule has 2 N–H and O–H groups in total. The number of hydrazine groups is 1. The van der Waals surface area contributed by atoms with E-state index in [1.54, 1.807) is 6.92 Å². The Morgan fingerprint density at radius 1 is 0.964 bits per heavy atom. The number of nitrogens with one attached hydrogen (secondary N) is 2. The van der Waals surface area contributed by atoms with E-state index in [1.165, 1.54) is 5.56 Å². The quantitative estimate of drug-likeness (QED) is 0.431. The van der Waals surface area contributed by atoms with Gasteiger partial charge >= 0.3 is 0 Å². The molecule has 0 aliphatic rings. The smallest absolute Gasteiger partial charge is 0.242 e. The molecule has 1 amide bonds. The second-order valence-electron chi connectivity index (χ2n) is 7.31. The predicted molar refractivity (Wildman–Crippen MR) is 117 cm³/mol. The lowest BCUT2D eigenvalue weighted by molar-refractivity contribution is -0.122. The number of benzene rings is 2. The van der Waals surface area contributed by atoms with Crippen LogP contribution in [0.2, 0.25) is 0 Å². The molecule has 0 spiro atoms. The second-order valence-corrected chi connectivity index (χ2v) is 10.2. The van der Waals surface area contributed by atoms with Gasteiger partial charge in [0.25, 0.3) is 0 Å². The molecule has 28 heavy (non-hydrogen) atoms. The molecule has 0 aliphatic heterocycles. The summed E-state index contributed by atoms with van der Waals surface area (Å²) in [7, 11) is -3.69. The summed E-state index contributed by atoms with van der Waals surface area (Å²) in [6.07, 6.45) is 0.982. The number of sulfonamides is 1. The van der Waals surface area contributed by atoms with Crippen LogP contribution in [-0.2, 0) is 21.2 Å². The maximum absolute atomic E-state index is 12.4. The zero-order valence-electron chi connectivity index (χ0n) is 16.4. The molecule has 0 saturated heterocycles. The molecule has 0 aromatic heterocycles. The monoisotopic (exact) mass is 466 g/mol. The molecule has 0 radical (unpaired) electrons. The van der Waals surface area contributed by atoms with Crippen LogP contribution in [0.1, 0.15) is 48.2 Å². The van der Waals surface area contributed by atoms with E-state index in [4.69, 9.17) is 0 Å². The number of alkyl halides is 1. The number of halogens is 1. The van der Waals surface area contributed by atoms with Crippen LogP contribution in [0.5, 0.6) is 0 Å². The molecule has 0 aliphatic carbocycles. The Balaban J connectivity index is 1.91. The highest BCUT2D eigenvalue weighted by Gasteiger charge is 2.21. The summed E-state index contributed by atoms with van der Waals surface area (Å²) >= 11 is 3.39. The molecule has 0 bridgehead atoms. The van der Waals surface area contributed by atoms with Crippen LogP contribution in [0.15, 0.2) is 54.6 Å².